The Morgan fingerprint density at radius 3 is 2.00 bits per heavy atom. The number of hydrogen-bond acceptors (Lipinski definition) is 1. The Kier molecular flexibility index (Phi) is 5.10. The van der Waals surface area contributed by atoms with Crippen molar-refractivity contribution in [3.63, 3.8) is 0 Å². The Balaban J connectivity index is 1.91. The highest BCUT2D eigenvalue weighted by molar-refractivity contribution is 5.75. The van der Waals surface area contributed by atoms with E-state index in [9.17, 15) is 0 Å². The largest absolute Gasteiger partial charge is 0.260 e. The van der Waals surface area contributed by atoms with Crippen LogP contribution in [0.2, 0.25) is 0 Å². The molecule has 2 heteroatoms. The quantitative estimate of drug-likeness (QED) is 0.380. The number of aromatic nitrogens is 2. The van der Waals surface area contributed by atoms with E-state index in [1.165, 1.54) is 50.2 Å². The van der Waals surface area contributed by atoms with Crippen molar-refractivity contribution in [1.82, 2.24) is 9.78 Å². The summed E-state index contributed by atoms with van der Waals surface area (Å²) in [5.74, 6) is 0. The first-order valence-corrected chi connectivity index (χ1v) is 10.2. The molecule has 0 atom stereocenters. The molecule has 0 bridgehead atoms. The highest BCUT2D eigenvalue weighted by atomic mass is 15.3. The molecule has 0 saturated heterocycles. The van der Waals surface area contributed by atoms with Gasteiger partial charge in [0.2, 0.25) is 0 Å². The predicted molar refractivity (Wildman–Crippen MR) is 122 cm³/mol. The Hall–Kier alpha value is -3.13. The molecule has 4 aromatic rings. The average molecular weight is 381 g/mol. The lowest BCUT2D eigenvalue weighted by Gasteiger charge is -2.12. The van der Waals surface area contributed by atoms with Gasteiger partial charge in [0.25, 0.3) is 0 Å². The van der Waals surface area contributed by atoms with Gasteiger partial charge in [-0.25, -0.2) is 0 Å². The van der Waals surface area contributed by atoms with Gasteiger partial charge in [-0.1, -0.05) is 71.3 Å². The summed E-state index contributed by atoms with van der Waals surface area (Å²) in [7, 11) is 0. The molecule has 4 rings (SSSR count). The number of rotatable bonds is 4. The summed E-state index contributed by atoms with van der Waals surface area (Å²) in [5, 5.41) is 5.11. The van der Waals surface area contributed by atoms with Crippen LogP contribution in [0.1, 0.15) is 33.4 Å². The molecule has 0 aliphatic heterocycles. The fourth-order valence-electron chi connectivity index (χ4n) is 4.02. The number of nitrogens with zero attached hydrogens (tertiary/aromatic N) is 2. The van der Waals surface area contributed by atoms with Gasteiger partial charge < -0.3 is 0 Å². The fraction of sp³-hybridized carbons (Fsp3) is 0.222. The van der Waals surface area contributed by atoms with Crippen molar-refractivity contribution < 1.29 is 0 Å². The normalized spacial score (nSPS) is 11.1. The van der Waals surface area contributed by atoms with Crippen molar-refractivity contribution >= 4 is 0 Å². The molecule has 2 nitrogen and oxygen atoms in total. The van der Waals surface area contributed by atoms with Crippen LogP contribution in [0.25, 0.3) is 22.5 Å². The second-order valence-corrected chi connectivity index (χ2v) is 8.15. The first-order chi connectivity index (χ1) is 13.9. The maximum absolute atomic E-state index is 5.11. The molecule has 0 aliphatic carbocycles. The second-order valence-electron chi connectivity index (χ2n) is 8.15. The topological polar surface area (TPSA) is 17.8 Å². The van der Waals surface area contributed by atoms with E-state index >= 15 is 0 Å². The van der Waals surface area contributed by atoms with Gasteiger partial charge in [0.15, 0.2) is 0 Å². The maximum Gasteiger partial charge on any atom is 0.0959 e. The standard InChI is InChI=1S/C27H28N2/c1-18-8-6-10-23(14-18)26-22(5)27(24-11-7-9-19(2)15-24)29(28-26)17-25-16-20(3)12-13-21(25)4/h6-16H,17H2,1-5H3. The van der Waals surface area contributed by atoms with E-state index in [2.05, 4.69) is 106 Å². The third kappa shape index (κ3) is 3.88. The monoisotopic (exact) mass is 380 g/mol. The summed E-state index contributed by atoms with van der Waals surface area (Å²) >= 11 is 0. The van der Waals surface area contributed by atoms with Gasteiger partial charge in [-0.2, -0.15) is 5.10 Å². The minimum atomic E-state index is 0.767. The Morgan fingerprint density at radius 2 is 1.31 bits per heavy atom. The van der Waals surface area contributed by atoms with Crippen molar-refractivity contribution in [2.24, 2.45) is 0 Å². The molecule has 0 radical (unpaired) electrons. The first kappa shape index (κ1) is 19.2. The second kappa shape index (κ2) is 7.71. The number of hydrogen-bond donors (Lipinski definition) is 0. The lowest BCUT2D eigenvalue weighted by molar-refractivity contribution is 0.693. The Labute approximate surface area is 173 Å². The molecule has 0 amide bonds. The van der Waals surface area contributed by atoms with Gasteiger partial charge in [0.05, 0.1) is 17.9 Å². The first-order valence-electron chi connectivity index (χ1n) is 10.2. The molecule has 0 saturated carbocycles. The van der Waals surface area contributed by atoms with Crippen LogP contribution in [0.15, 0.2) is 66.7 Å². The minimum Gasteiger partial charge on any atom is -0.260 e. The average Bonchev–Trinajstić information content (AvgIpc) is 3.01. The zero-order chi connectivity index (χ0) is 20.5. The van der Waals surface area contributed by atoms with Crippen molar-refractivity contribution in [2.45, 2.75) is 41.2 Å². The van der Waals surface area contributed by atoms with Crippen molar-refractivity contribution in [2.75, 3.05) is 0 Å². The van der Waals surface area contributed by atoms with Crippen LogP contribution in [0.4, 0.5) is 0 Å². The molecule has 1 heterocycles. The molecule has 29 heavy (non-hydrogen) atoms. The van der Waals surface area contributed by atoms with E-state index < -0.39 is 0 Å². The summed E-state index contributed by atoms with van der Waals surface area (Å²) < 4.78 is 2.18. The third-order valence-corrected chi connectivity index (χ3v) is 5.60. The highest BCUT2D eigenvalue weighted by Crippen LogP contribution is 2.33. The zero-order valence-corrected chi connectivity index (χ0v) is 18.0. The van der Waals surface area contributed by atoms with E-state index in [0.29, 0.717) is 0 Å². The molecule has 0 spiro atoms. The molecule has 3 aromatic carbocycles. The zero-order valence-electron chi connectivity index (χ0n) is 18.0. The summed E-state index contributed by atoms with van der Waals surface area (Å²) in [6.45, 7) is 11.6. The van der Waals surface area contributed by atoms with Gasteiger partial charge in [-0.05, 0) is 57.9 Å². The Morgan fingerprint density at radius 1 is 0.690 bits per heavy atom. The van der Waals surface area contributed by atoms with Crippen molar-refractivity contribution in [3.05, 3.63) is 100 Å². The summed E-state index contributed by atoms with van der Waals surface area (Å²) in [6.07, 6.45) is 0. The van der Waals surface area contributed by atoms with Gasteiger partial charge in [-0.3, -0.25) is 4.68 Å². The van der Waals surface area contributed by atoms with Crippen LogP contribution in [0.5, 0.6) is 0 Å². The van der Waals surface area contributed by atoms with Crippen LogP contribution in [0.3, 0.4) is 0 Å². The molecule has 0 N–H and O–H groups in total. The molecule has 0 aliphatic rings. The van der Waals surface area contributed by atoms with Gasteiger partial charge in [0, 0.05) is 16.7 Å². The van der Waals surface area contributed by atoms with Crippen LogP contribution < -0.4 is 0 Å². The molecule has 146 valence electrons. The highest BCUT2D eigenvalue weighted by Gasteiger charge is 2.18. The van der Waals surface area contributed by atoms with Crippen LogP contribution in [-0.4, -0.2) is 9.78 Å². The maximum atomic E-state index is 5.11. The van der Waals surface area contributed by atoms with Crippen LogP contribution in [-0.2, 0) is 6.54 Å². The predicted octanol–water partition coefficient (Wildman–Crippen LogP) is 6.81. The third-order valence-electron chi connectivity index (χ3n) is 5.60. The Bertz CT molecular complexity index is 1180. The van der Waals surface area contributed by atoms with Crippen LogP contribution >= 0.6 is 0 Å². The van der Waals surface area contributed by atoms with Gasteiger partial charge >= 0.3 is 0 Å². The lowest BCUT2D eigenvalue weighted by Crippen LogP contribution is -2.06. The van der Waals surface area contributed by atoms with E-state index in [1.807, 2.05) is 0 Å². The molecular weight excluding hydrogens is 352 g/mol. The van der Waals surface area contributed by atoms with E-state index in [0.717, 1.165) is 12.2 Å². The SMILES string of the molecule is Cc1cccc(-c2nn(Cc3cc(C)ccc3C)c(-c3cccc(C)c3)c2C)c1. The van der Waals surface area contributed by atoms with E-state index in [-0.39, 0.29) is 0 Å². The van der Waals surface area contributed by atoms with Crippen LogP contribution in [0, 0.1) is 34.6 Å². The smallest absolute Gasteiger partial charge is 0.0959 e. The van der Waals surface area contributed by atoms with E-state index in [4.69, 9.17) is 5.10 Å². The summed E-state index contributed by atoms with van der Waals surface area (Å²) in [6, 6.07) is 24.0. The van der Waals surface area contributed by atoms with Gasteiger partial charge in [-0.15, -0.1) is 0 Å². The molecular formula is C27H28N2. The fourth-order valence-corrected chi connectivity index (χ4v) is 4.02. The minimum absolute atomic E-state index is 0.767. The molecule has 0 unspecified atom stereocenters. The van der Waals surface area contributed by atoms with Gasteiger partial charge in [0.1, 0.15) is 0 Å². The summed E-state index contributed by atoms with van der Waals surface area (Å²) in [4.78, 5) is 0. The summed E-state index contributed by atoms with van der Waals surface area (Å²) in [5.41, 5.74) is 12.3. The molecule has 0 fully saturated rings. The lowest BCUT2D eigenvalue weighted by atomic mass is 10.0. The van der Waals surface area contributed by atoms with Crippen molar-refractivity contribution in [1.29, 1.82) is 0 Å². The number of aryl methyl sites for hydroxylation is 4. The van der Waals surface area contributed by atoms with E-state index in [1.54, 1.807) is 0 Å². The number of benzene rings is 3. The van der Waals surface area contributed by atoms with Crippen molar-refractivity contribution in [3.8, 4) is 22.5 Å². The molecule has 1 aromatic heterocycles.